The van der Waals surface area contributed by atoms with Gasteiger partial charge in [0.2, 0.25) is 0 Å². The average Bonchev–Trinajstić information content (AvgIpc) is 2.40. The summed E-state index contributed by atoms with van der Waals surface area (Å²) < 4.78 is 22.8. The molecule has 0 amide bonds. The molecule has 0 aliphatic heterocycles. The molecule has 0 aliphatic rings. The van der Waals surface area contributed by atoms with Crippen molar-refractivity contribution < 1.29 is 8.42 Å². The fourth-order valence-corrected chi connectivity index (χ4v) is 2.52. The number of rotatable bonds is 4. The van der Waals surface area contributed by atoms with Gasteiger partial charge in [-0.15, -0.1) is 0 Å². The maximum absolute atomic E-state index is 11.4. The Kier molecular flexibility index (Phi) is 4.09. The first-order valence-corrected chi connectivity index (χ1v) is 8.24. The molecule has 1 N–H and O–H groups in total. The fraction of sp³-hybridized carbons (Fsp3) is 0.267. The van der Waals surface area contributed by atoms with Crippen molar-refractivity contribution in [2.75, 3.05) is 11.6 Å². The van der Waals surface area contributed by atoms with Crippen LogP contribution in [0.5, 0.6) is 0 Å². The Morgan fingerprint density at radius 3 is 2.25 bits per heavy atom. The van der Waals surface area contributed by atoms with Crippen molar-refractivity contribution in [2.45, 2.75) is 24.8 Å². The predicted octanol–water partition coefficient (Wildman–Crippen LogP) is 2.97. The molecule has 0 aliphatic carbocycles. The summed E-state index contributed by atoms with van der Waals surface area (Å²) in [6.45, 7) is 3.96. The molecule has 1 aromatic carbocycles. The van der Waals surface area contributed by atoms with E-state index < -0.39 is 9.84 Å². The van der Waals surface area contributed by atoms with Crippen LogP contribution in [-0.2, 0) is 9.84 Å². The number of sulfone groups is 1. The van der Waals surface area contributed by atoms with Gasteiger partial charge in [0.25, 0.3) is 0 Å². The molecule has 2 rings (SSSR count). The summed E-state index contributed by atoms with van der Waals surface area (Å²) in [5, 5.41) is 3.33. The lowest BCUT2D eigenvalue weighted by Crippen LogP contribution is -2.07. The van der Waals surface area contributed by atoms with Gasteiger partial charge in [-0.05, 0) is 43.7 Å². The Morgan fingerprint density at radius 2 is 1.75 bits per heavy atom. The van der Waals surface area contributed by atoms with Crippen molar-refractivity contribution in [3.8, 4) is 0 Å². The Hall–Kier alpha value is -1.88. The number of aromatic nitrogens is 1. The van der Waals surface area contributed by atoms with Gasteiger partial charge in [0, 0.05) is 18.0 Å². The number of hydrogen-bond donors (Lipinski definition) is 1. The van der Waals surface area contributed by atoms with E-state index in [1.165, 1.54) is 6.26 Å². The largest absolute Gasteiger partial charge is 0.377 e. The van der Waals surface area contributed by atoms with Crippen LogP contribution >= 0.6 is 0 Å². The van der Waals surface area contributed by atoms with Gasteiger partial charge < -0.3 is 5.32 Å². The molecule has 0 saturated carbocycles. The summed E-state index contributed by atoms with van der Waals surface area (Å²) in [4.78, 5) is 4.57. The summed E-state index contributed by atoms with van der Waals surface area (Å²) in [6, 6.07) is 10.9. The SMILES string of the molecule is Cc1ccc(NC(C)c2ccc(S(C)(=O)=O)cc2)cn1. The zero-order valence-corrected chi connectivity index (χ0v) is 12.6. The van der Waals surface area contributed by atoms with Crippen LogP contribution in [0.25, 0.3) is 0 Å². The number of nitrogens with one attached hydrogen (secondary N) is 1. The zero-order valence-electron chi connectivity index (χ0n) is 11.8. The number of anilines is 1. The van der Waals surface area contributed by atoms with Crippen molar-refractivity contribution in [1.29, 1.82) is 0 Å². The number of hydrogen-bond acceptors (Lipinski definition) is 4. The van der Waals surface area contributed by atoms with E-state index in [9.17, 15) is 8.42 Å². The normalized spacial score (nSPS) is 12.9. The molecule has 0 radical (unpaired) electrons. The van der Waals surface area contributed by atoms with Crippen molar-refractivity contribution in [2.24, 2.45) is 0 Å². The summed E-state index contributed by atoms with van der Waals surface area (Å²) in [7, 11) is -3.14. The highest BCUT2D eigenvalue weighted by molar-refractivity contribution is 7.90. The molecule has 0 bridgehead atoms. The van der Waals surface area contributed by atoms with E-state index in [1.807, 2.05) is 38.1 Å². The third kappa shape index (κ3) is 3.57. The van der Waals surface area contributed by atoms with E-state index in [1.54, 1.807) is 18.3 Å². The van der Waals surface area contributed by atoms with Gasteiger partial charge in [-0.2, -0.15) is 0 Å². The molecule has 1 aromatic heterocycles. The Labute approximate surface area is 119 Å². The molecule has 20 heavy (non-hydrogen) atoms. The topological polar surface area (TPSA) is 59.1 Å². The number of nitrogens with zero attached hydrogens (tertiary/aromatic N) is 1. The van der Waals surface area contributed by atoms with E-state index in [0.29, 0.717) is 4.90 Å². The zero-order chi connectivity index (χ0) is 14.8. The first kappa shape index (κ1) is 14.5. The first-order chi connectivity index (χ1) is 9.36. The standard InChI is InChI=1S/C15H18N2O2S/c1-11-4-7-14(10-16-11)17-12(2)13-5-8-15(9-6-13)20(3,18)19/h4-10,12,17H,1-3H3. The van der Waals surface area contributed by atoms with Gasteiger partial charge in [-0.25, -0.2) is 8.42 Å². The van der Waals surface area contributed by atoms with Crippen LogP contribution in [0.1, 0.15) is 24.2 Å². The van der Waals surface area contributed by atoms with Crippen molar-refractivity contribution in [3.63, 3.8) is 0 Å². The molecule has 0 fully saturated rings. The molecule has 1 atom stereocenters. The highest BCUT2D eigenvalue weighted by atomic mass is 32.2. The van der Waals surface area contributed by atoms with Gasteiger partial charge in [0.15, 0.2) is 9.84 Å². The lowest BCUT2D eigenvalue weighted by atomic mass is 10.1. The molecule has 5 heteroatoms. The second-order valence-corrected chi connectivity index (χ2v) is 6.91. The molecule has 1 unspecified atom stereocenters. The maximum atomic E-state index is 11.4. The smallest absolute Gasteiger partial charge is 0.175 e. The molecule has 0 saturated heterocycles. The number of pyridine rings is 1. The Bertz CT molecular complexity index is 677. The minimum absolute atomic E-state index is 0.0770. The Balaban J connectivity index is 2.13. The molecule has 2 aromatic rings. The van der Waals surface area contributed by atoms with Gasteiger partial charge in [-0.1, -0.05) is 12.1 Å². The van der Waals surface area contributed by atoms with Crippen molar-refractivity contribution in [1.82, 2.24) is 4.98 Å². The molecular weight excluding hydrogens is 272 g/mol. The van der Waals surface area contributed by atoms with Crippen LogP contribution in [0, 0.1) is 6.92 Å². The van der Waals surface area contributed by atoms with Gasteiger partial charge >= 0.3 is 0 Å². The van der Waals surface area contributed by atoms with Crippen LogP contribution in [-0.4, -0.2) is 19.7 Å². The second kappa shape index (κ2) is 5.63. The van der Waals surface area contributed by atoms with Crippen LogP contribution in [0.15, 0.2) is 47.5 Å². The number of aryl methyl sites for hydroxylation is 1. The van der Waals surface area contributed by atoms with Crippen LogP contribution < -0.4 is 5.32 Å². The monoisotopic (exact) mass is 290 g/mol. The Morgan fingerprint density at radius 1 is 1.10 bits per heavy atom. The lowest BCUT2D eigenvalue weighted by Gasteiger charge is -2.15. The lowest BCUT2D eigenvalue weighted by molar-refractivity contribution is 0.602. The molecular formula is C15H18N2O2S. The molecule has 106 valence electrons. The van der Waals surface area contributed by atoms with Gasteiger partial charge in [-0.3, -0.25) is 4.98 Å². The minimum Gasteiger partial charge on any atom is -0.377 e. The van der Waals surface area contributed by atoms with Crippen LogP contribution in [0.3, 0.4) is 0 Å². The summed E-state index contributed by atoms with van der Waals surface area (Å²) >= 11 is 0. The van der Waals surface area contributed by atoms with Gasteiger partial charge in [0.1, 0.15) is 0 Å². The van der Waals surface area contributed by atoms with Crippen molar-refractivity contribution >= 4 is 15.5 Å². The maximum Gasteiger partial charge on any atom is 0.175 e. The van der Waals surface area contributed by atoms with Crippen molar-refractivity contribution in [3.05, 3.63) is 53.9 Å². The average molecular weight is 290 g/mol. The molecule has 0 spiro atoms. The van der Waals surface area contributed by atoms with E-state index in [-0.39, 0.29) is 6.04 Å². The van der Waals surface area contributed by atoms with E-state index in [4.69, 9.17) is 0 Å². The van der Waals surface area contributed by atoms with Crippen LogP contribution in [0.4, 0.5) is 5.69 Å². The third-order valence-electron chi connectivity index (χ3n) is 3.10. The van der Waals surface area contributed by atoms with E-state index in [0.717, 1.165) is 16.9 Å². The summed E-state index contributed by atoms with van der Waals surface area (Å²) in [6.07, 6.45) is 3.00. The first-order valence-electron chi connectivity index (χ1n) is 6.35. The minimum atomic E-state index is -3.14. The highest BCUT2D eigenvalue weighted by Gasteiger charge is 2.09. The summed E-state index contributed by atoms with van der Waals surface area (Å²) in [5.41, 5.74) is 2.94. The number of benzene rings is 1. The van der Waals surface area contributed by atoms with Crippen LogP contribution in [0.2, 0.25) is 0 Å². The van der Waals surface area contributed by atoms with E-state index in [2.05, 4.69) is 10.3 Å². The van der Waals surface area contributed by atoms with E-state index >= 15 is 0 Å². The quantitative estimate of drug-likeness (QED) is 0.940. The second-order valence-electron chi connectivity index (χ2n) is 4.90. The fourth-order valence-electron chi connectivity index (χ4n) is 1.89. The summed E-state index contributed by atoms with van der Waals surface area (Å²) in [5.74, 6) is 0. The highest BCUT2D eigenvalue weighted by Crippen LogP contribution is 2.20. The van der Waals surface area contributed by atoms with Gasteiger partial charge in [0.05, 0.1) is 16.8 Å². The third-order valence-corrected chi connectivity index (χ3v) is 4.23. The predicted molar refractivity (Wildman–Crippen MR) is 80.6 cm³/mol. The molecule has 4 nitrogen and oxygen atoms in total. The molecule has 1 heterocycles.